The van der Waals surface area contributed by atoms with Crippen LogP contribution in [-0.4, -0.2) is 119 Å². The zero-order valence-electron chi connectivity index (χ0n) is 35.7. The summed E-state index contributed by atoms with van der Waals surface area (Å²) in [7, 11) is 2.54. The molecule has 4 aliphatic heterocycles. The van der Waals surface area contributed by atoms with Crippen LogP contribution in [0.1, 0.15) is 75.1 Å². The third kappa shape index (κ3) is 7.99. The van der Waals surface area contributed by atoms with Crippen molar-refractivity contribution >= 4 is 24.0 Å². The molecule has 8 atom stereocenters. The van der Waals surface area contributed by atoms with Crippen molar-refractivity contribution in [1.29, 1.82) is 0 Å². The average Bonchev–Trinajstić information content (AvgIpc) is 4.04. The Morgan fingerprint density at radius 2 is 0.969 bits per heavy atom. The van der Waals surface area contributed by atoms with Gasteiger partial charge >= 0.3 is 12.2 Å². The van der Waals surface area contributed by atoms with Crippen LogP contribution in [0.2, 0.25) is 0 Å². The zero-order valence-corrected chi connectivity index (χ0v) is 35.7. The molecule has 10 rings (SSSR count). The molecule has 4 amide bonds. The number of methoxy groups -OCH3 is 2. The molecule has 2 aliphatic carbocycles. The molecular weight excluding hydrogens is 831 g/mol. The van der Waals surface area contributed by atoms with E-state index in [4.69, 9.17) is 28.9 Å². The number of aromatic amines is 2. The molecule has 6 fully saturated rings. The molecule has 16 nitrogen and oxygen atoms in total. The molecule has 18 heteroatoms. The van der Waals surface area contributed by atoms with Crippen LogP contribution >= 0.6 is 0 Å². The Bertz CT molecular complexity index is 2230. The van der Waals surface area contributed by atoms with E-state index in [2.05, 4.69) is 20.6 Å². The number of nitrogens with one attached hydrogen (secondary N) is 4. The first kappa shape index (κ1) is 42.1. The number of amides is 4. The molecule has 2 aromatic carbocycles. The van der Waals surface area contributed by atoms with Gasteiger partial charge in [-0.1, -0.05) is 48.5 Å². The minimum absolute atomic E-state index is 0.00508. The number of nitrogens with zero attached hydrogens (tertiary/aromatic N) is 4. The van der Waals surface area contributed by atoms with Crippen molar-refractivity contribution in [3.05, 3.63) is 72.1 Å². The summed E-state index contributed by atoms with van der Waals surface area (Å²) in [5.74, 6) is -0.571. The molecule has 0 unspecified atom stereocenters. The Morgan fingerprint density at radius 3 is 1.33 bits per heavy atom. The molecule has 6 aliphatic rings. The number of fused-ring (bicyclic) bond motifs is 2. The Morgan fingerprint density at radius 1 is 0.609 bits per heavy atom. The summed E-state index contributed by atoms with van der Waals surface area (Å²) in [4.78, 5) is 71.7. The molecule has 338 valence electrons. The highest BCUT2D eigenvalue weighted by molar-refractivity contribution is 5.88. The van der Waals surface area contributed by atoms with Crippen LogP contribution < -0.4 is 10.6 Å². The van der Waals surface area contributed by atoms with Gasteiger partial charge in [0.25, 0.3) is 0 Å². The van der Waals surface area contributed by atoms with Gasteiger partial charge in [0.1, 0.15) is 35.1 Å². The normalized spacial score (nSPS) is 26.1. The van der Waals surface area contributed by atoms with Gasteiger partial charge in [0, 0.05) is 49.6 Å². The number of benzene rings is 2. The van der Waals surface area contributed by atoms with Crippen LogP contribution in [-0.2, 0) is 28.5 Å². The van der Waals surface area contributed by atoms with E-state index in [1.54, 1.807) is 34.1 Å². The van der Waals surface area contributed by atoms with Crippen molar-refractivity contribution < 1.29 is 46.9 Å². The van der Waals surface area contributed by atoms with E-state index in [1.807, 2.05) is 24.3 Å². The van der Waals surface area contributed by atoms with Crippen molar-refractivity contribution in [2.75, 3.05) is 40.6 Å². The van der Waals surface area contributed by atoms with Crippen LogP contribution in [0.5, 0.6) is 0 Å². The predicted molar refractivity (Wildman–Crippen MR) is 225 cm³/mol. The number of halogens is 2. The van der Waals surface area contributed by atoms with Gasteiger partial charge < -0.3 is 49.3 Å². The maximum atomic E-state index is 15.7. The highest BCUT2D eigenvalue weighted by atomic mass is 19.1. The van der Waals surface area contributed by atoms with Crippen LogP contribution in [0, 0.1) is 35.6 Å². The Hall–Kier alpha value is -5.88. The number of alkyl carbamates (subject to hydrolysis) is 2. The minimum Gasteiger partial charge on any atom is -0.453 e. The van der Waals surface area contributed by atoms with Crippen molar-refractivity contribution in [3.8, 4) is 33.6 Å². The fourth-order valence-corrected chi connectivity index (χ4v) is 10.7. The lowest BCUT2D eigenvalue weighted by Crippen LogP contribution is -2.54. The first-order valence-electron chi connectivity index (χ1n) is 22.3. The number of hydrogen-bond acceptors (Lipinski definition) is 10. The number of hydrogen-bond donors (Lipinski definition) is 4. The van der Waals surface area contributed by atoms with Gasteiger partial charge in [0.15, 0.2) is 0 Å². The zero-order chi connectivity index (χ0) is 44.2. The highest BCUT2D eigenvalue weighted by Gasteiger charge is 2.58. The average molecular weight is 883 g/mol. The molecule has 2 saturated carbocycles. The first-order valence-corrected chi connectivity index (χ1v) is 22.3. The molecule has 4 saturated heterocycles. The van der Waals surface area contributed by atoms with Crippen molar-refractivity contribution in [2.24, 2.45) is 23.7 Å². The summed E-state index contributed by atoms with van der Waals surface area (Å²) in [5.41, 5.74) is 3.08. The molecule has 6 heterocycles. The van der Waals surface area contributed by atoms with E-state index in [-0.39, 0.29) is 59.0 Å². The SMILES string of the molecule is COC(=O)N[C@H](C(=O)N1[C@@H]2C[C@@H]2C[C@H]1c1nc(-c2ccc(-c3ccc(-c4nc([C@@H]5C[C@H]6C[C@H]6N5C(=O)[C@@H](NC(=O)OC)C5CCOCC5)[nH]c4F)cc3)cc2)c(F)[nH]1)C1CCOCC1. The fraction of sp³-hybridized carbons (Fsp3) is 0.522. The maximum Gasteiger partial charge on any atom is 0.407 e. The molecule has 0 spiro atoms. The lowest BCUT2D eigenvalue weighted by molar-refractivity contribution is -0.138. The third-order valence-corrected chi connectivity index (χ3v) is 14.3. The third-order valence-electron chi connectivity index (χ3n) is 14.3. The quantitative estimate of drug-likeness (QED) is 0.138. The van der Waals surface area contributed by atoms with E-state index >= 15 is 8.78 Å². The van der Waals surface area contributed by atoms with Crippen LogP contribution in [0.15, 0.2) is 48.5 Å². The van der Waals surface area contributed by atoms with Crippen molar-refractivity contribution in [2.45, 2.75) is 87.6 Å². The topological polar surface area (TPSA) is 193 Å². The minimum atomic E-state index is -0.792. The summed E-state index contributed by atoms with van der Waals surface area (Å²) in [6.07, 6.45) is 4.15. The monoisotopic (exact) mass is 882 g/mol. The summed E-state index contributed by atoms with van der Waals surface area (Å²) < 4.78 is 52.1. The lowest BCUT2D eigenvalue weighted by atomic mass is 9.90. The molecule has 0 radical (unpaired) electrons. The number of ether oxygens (including phenoxy) is 4. The Balaban J connectivity index is 0.829. The summed E-state index contributed by atoms with van der Waals surface area (Å²) in [5, 5.41) is 5.55. The van der Waals surface area contributed by atoms with E-state index < -0.39 is 48.2 Å². The van der Waals surface area contributed by atoms with Gasteiger partial charge in [0.2, 0.25) is 23.7 Å². The Kier molecular flexibility index (Phi) is 11.3. The number of piperidine rings is 2. The van der Waals surface area contributed by atoms with Crippen LogP contribution in [0.4, 0.5) is 18.4 Å². The molecule has 64 heavy (non-hydrogen) atoms. The van der Waals surface area contributed by atoms with E-state index in [0.29, 0.717) is 87.7 Å². The molecule has 0 bridgehead atoms. The van der Waals surface area contributed by atoms with Crippen molar-refractivity contribution in [3.63, 3.8) is 0 Å². The van der Waals surface area contributed by atoms with Crippen LogP contribution in [0.3, 0.4) is 0 Å². The van der Waals surface area contributed by atoms with Gasteiger partial charge in [-0.25, -0.2) is 19.6 Å². The number of likely N-dealkylation sites (tertiary alicyclic amines) is 2. The second-order valence-electron chi connectivity index (χ2n) is 18.0. The number of H-pyrrole nitrogens is 2. The smallest absolute Gasteiger partial charge is 0.407 e. The van der Waals surface area contributed by atoms with Gasteiger partial charge in [-0.05, 0) is 86.2 Å². The van der Waals surface area contributed by atoms with E-state index in [9.17, 15) is 19.2 Å². The second kappa shape index (κ2) is 17.3. The summed E-state index contributed by atoms with van der Waals surface area (Å²) in [6.45, 7) is 2.00. The number of carbonyl (C=O) groups excluding carboxylic acids is 4. The molecular formula is C46H52F2N8O8. The number of carbonyl (C=O) groups is 4. The molecule has 4 N–H and O–H groups in total. The number of imidazole rings is 2. The molecule has 2 aromatic heterocycles. The summed E-state index contributed by atoms with van der Waals surface area (Å²) >= 11 is 0. The van der Waals surface area contributed by atoms with E-state index in [1.165, 1.54) is 14.2 Å². The fourth-order valence-electron chi connectivity index (χ4n) is 10.7. The summed E-state index contributed by atoms with van der Waals surface area (Å²) in [6, 6.07) is 12.1. The molecule has 4 aromatic rings. The van der Waals surface area contributed by atoms with Gasteiger partial charge in [0.05, 0.1) is 26.3 Å². The Labute approximate surface area is 368 Å². The van der Waals surface area contributed by atoms with Gasteiger partial charge in [-0.15, -0.1) is 0 Å². The van der Waals surface area contributed by atoms with Gasteiger partial charge in [-0.3, -0.25) is 9.59 Å². The van der Waals surface area contributed by atoms with Crippen molar-refractivity contribution in [1.82, 2.24) is 40.4 Å². The van der Waals surface area contributed by atoms with E-state index in [0.717, 1.165) is 24.0 Å². The number of aromatic nitrogens is 4. The second-order valence-corrected chi connectivity index (χ2v) is 18.0. The predicted octanol–water partition coefficient (Wildman–Crippen LogP) is 6.04. The van der Waals surface area contributed by atoms with Crippen LogP contribution in [0.25, 0.3) is 33.6 Å². The largest absolute Gasteiger partial charge is 0.453 e. The first-order chi connectivity index (χ1) is 31.1. The lowest BCUT2D eigenvalue weighted by Gasteiger charge is -2.35. The van der Waals surface area contributed by atoms with Gasteiger partial charge in [-0.2, -0.15) is 8.78 Å². The highest BCUT2D eigenvalue weighted by Crippen LogP contribution is 2.55. The number of rotatable bonds is 11. The standard InChI is InChI=1S/C46H52F2N8O8/c1-61-45(59)51-37(27-11-15-63-16-12-27)43(57)55-31-19-29(31)21-33(55)41-49-35(39(47)53-41)25-7-3-23(4-8-25)24-5-9-26(10-6-24)36-40(48)54-42(50-36)34-22-30-20-32(30)56(34)44(58)38(52-46(60)62-2)28-13-17-64-18-14-28/h3-10,27-34,37-38H,11-22H2,1-2H3,(H,49,53)(H,50,54)(H,51,59)(H,52,60)/t29-,30-,31-,32-,33+,34+,37+,38+/m1/s1. The maximum absolute atomic E-state index is 15.7.